The van der Waals surface area contributed by atoms with Crippen LogP contribution in [0.15, 0.2) is 18.2 Å². The SMILES string of the molecule is COC1(Cn2nnnc2-c2cc(N)cc(F)c2)CCC1. The highest BCUT2D eigenvalue weighted by Gasteiger charge is 2.38. The molecule has 3 rings (SSSR count). The maximum Gasteiger partial charge on any atom is 0.182 e. The number of nitrogen functional groups attached to an aromatic ring is 1. The highest BCUT2D eigenvalue weighted by Crippen LogP contribution is 2.37. The zero-order chi connectivity index (χ0) is 14.2. The van der Waals surface area contributed by atoms with Crippen LogP contribution >= 0.6 is 0 Å². The molecule has 20 heavy (non-hydrogen) atoms. The zero-order valence-corrected chi connectivity index (χ0v) is 11.2. The van der Waals surface area contributed by atoms with E-state index >= 15 is 0 Å². The summed E-state index contributed by atoms with van der Waals surface area (Å²) in [6.07, 6.45) is 3.10. The molecular weight excluding hydrogens is 261 g/mol. The topological polar surface area (TPSA) is 78.8 Å². The molecule has 0 radical (unpaired) electrons. The van der Waals surface area contributed by atoms with Gasteiger partial charge in [0.25, 0.3) is 0 Å². The van der Waals surface area contributed by atoms with Crippen molar-refractivity contribution >= 4 is 5.69 Å². The Morgan fingerprint density at radius 2 is 2.20 bits per heavy atom. The summed E-state index contributed by atoms with van der Waals surface area (Å²) in [6.45, 7) is 0.558. The van der Waals surface area contributed by atoms with Gasteiger partial charge in [0.05, 0.1) is 12.1 Å². The fourth-order valence-corrected chi connectivity index (χ4v) is 2.53. The number of nitrogens with zero attached hydrogens (tertiary/aromatic N) is 4. The van der Waals surface area contributed by atoms with Crippen molar-refractivity contribution in [1.29, 1.82) is 0 Å². The van der Waals surface area contributed by atoms with E-state index < -0.39 is 5.82 Å². The fraction of sp³-hybridized carbons (Fsp3) is 0.462. The average Bonchev–Trinajstić information content (AvgIpc) is 2.80. The number of ether oxygens (including phenoxy) is 1. The van der Waals surface area contributed by atoms with E-state index in [9.17, 15) is 4.39 Å². The highest BCUT2D eigenvalue weighted by molar-refractivity contribution is 5.61. The van der Waals surface area contributed by atoms with Crippen molar-refractivity contribution in [2.24, 2.45) is 0 Å². The van der Waals surface area contributed by atoms with Gasteiger partial charge in [-0.1, -0.05) is 0 Å². The third-order valence-corrected chi connectivity index (χ3v) is 3.85. The molecule has 2 aromatic rings. The molecule has 0 spiro atoms. The first-order chi connectivity index (χ1) is 9.62. The van der Waals surface area contributed by atoms with Crippen molar-refractivity contribution in [2.45, 2.75) is 31.4 Å². The molecule has 1 heterocycles. The molecule has 0 amide bonds. The number of hydrogen-bond donors (Lipinski definition) is 1. The lowest BCUT2D eigenvalue weighted by atomic mass is 9.80. The molecule has 1 aromatic heterocycles. The molecule has 0 saturated heterocycles. The lowest BCUT2D eigenvalue weighted by Crippen LogP contribution is -2.43. The van der Waals surface area contributed by atoms with Crippen molar-refractivity contribution in [3.8, 4) is 11.4 Å². The number of methoxy groups -OCH3 is 1. The van der Waals surface area contributed by atoms with Gasteiger partial charge in [0, 0.05) is 18.4 Å². The predicted octanol–water partition coefficient (Wildman–Crippen LogP) is 1.63. The molecule has 0 atom stereocenters. The summed E-state index contributed by atoms with van der Waals surface area (Å²) in [7, 11) is 1.70. The van der Waals surface area contributed by atoms with E-state index in [1.54, 1.807) is 17.9 Å². The normalized spacial score (nSPS) is 16.9. The number of aromatic nitrogens is 4. The largest absolute Gasteiger partial charge is 0.399 e. The van der Waals surface area contributed by atoms with Gasteiger partial charge in [-0.15, -0.1) is 5.10 Å². The molecular formula is C13H16FN5O. The zero-order valence-electron chi connectivity index (χ0n) is 11.2. The summed E-state index contributed by atoms with van der Waals surface area (Å²) in [5.41, 5.74) is 6.37. The van der Waals surface area contributed by atoms with Crippen LogP contribution in [0, 0.1) is 5.82 Å². The average molecular weight is 277 g/mol. The minimum Gasteiger partial charge on any atom is -0.399 e. The summed E-state index contributed by atoms with van der Waals surface area (Å²) in [5, 5.41) is 11.6. The van der Waals surface area contributed by atoms with Gasteiger partial charge >= 0.3 is 0 Å². The number of anilines is 1. The maximum atomic E-state index is 13.5. The summed E-state index contributed by atoms with van der Waals surface area (Å²) in [5.74, 6) is 0.0965. The standard InChI is InChI=1S/C13H16FN5O/c1-20-13(3-2-4-13)8-19-12(16-17-18-19)9-5-10(14)7-11(15)6-9/h5-7H,2-4,8,15H2,1H3. The Balaban J connectivity index is 1.93. The second-order valence-electron chi connectivity index (χ2n) is 5.17. The molecule has 6 nitrogen and oxygen atoms in total. The van der Waals surface area contributed by atoms with Crippen molar-refractivity contribution in [1.82, 2.24) is 20.2 Å². The number of tetrazole rings is 1. The van der Waals surface area contributed by atoms with E-state index in [1.165, 1.54) is 12.1 Å². The van der Waals surface area contributed by atoms with Crippen LogP contribution in [0.25, 0.3) is 11.4 Å². The number of hydrogen-bond acceptors (Lipinski definition) is 5. The van der Waals surface area contributed by atoms with Crippen LogP contribution in [0.4, 0.5) is 10.1 Å². The highest BCUT2D eigenvalue weighted by atomic mass is 19.1. The molecule has 0 unspecified atom stereocenters. The van der Waals surface area contributed by atoms with Crippen molar-refractivity contribution in [2.75, 3.05) is 12.8 Å². The molecule has 106 valence electrons. The molecule has 0 aliphatic heterocycles. The lowest BCUT2D eigenvalue weighted by molar-refractivity contribution is -0.0855. The molecule has 1 aliphatic carbocycles. The molecule has 1 saturated carbocycles. The van der Waals surface area contributed by atoms with Crippen LogP contribution in [0.5, 0.6) is 0 Å². The number of nitrogens with two attached hydrogens (primary N) is 1. The molecule has 2 N–H and O–H groups in total. The van der Waals surface area contributed by atoms with Gasteiger partial charge in [0.15, 0.2) is 5.82 Å². The third-order valence-electron chi connectivity index (χ3n) is 3.85. The van der Waals surface area contributed by atoms with Gasteiger partial charge in [-0.2, -0.15) is 0 Å². The first-order valence-corrected chi connectivity index (χ1v) is 6.50. The summed E-state index contributed by atoms with van der Waals surface area (Å²) in [4.78, 5) is 0. The van der Waals surface area contributed by atoms with E-state index in [-0.39, 0.29) is 5.60 Å². The number of benzene rings is 1. The Morgan fingerprint density at radius 1 is 1.40 bits per heavy atom. The summed E-state index contributed by atoms with van der Waals surface area (Å²) in [6, 6.07) is 4.30. The van der Waals surface area contributed by atoms with Crippen molar-refractivity contribution in [3.05, 3.63) is 24.0 Å². The van der Waals surface area contributed by atoms with E-state index in [0.29, 0.717) is 23.6 Å². The predicted molar refractivity (Wildman–Crippen MR) is 71.2 cm³/mol. The van der Waals surface area contributed by atoms with Gasteiger partial charge < -0.3 is 10.5 Å². The first-order valence-electron chi connectivity index (χ1n) is 6.50. The van der Waals surface area contributed by atoms with Crippen LogP contribution in [0.2, 0.25) is 0 Å². The second-order valence-corrected chi connectivity index (χ2v) is 5.17. The van der Waals surface area contributed by atoms with Gasteiger partial charge in [0.2, 0.25) is 0 Å². The van der Waals surface area contributed by atoms with Crippen LogP contribution in [0.1, 0.15) is 19.3 Å². The van der Waals surface area contributed by atoms with Gasteiger partial charge in [0.1, 0.15) is 5.82 Å². The monoisotopic (exact) mass is 277 g/mol. The Hall–Kier alpha value is -2.02. The Bertz CT molecular complexity index is 597. The van der Waals surface area contributed by atoms with Crippen LogP contribution in [0.3, 0.4) is 0 Å². The molecule has 7 heteroatoms. The summed E-state index contributed by atoms with van der Waals surface area (Å²) < 4.78 is 20.7. The van der Waals surface area contributed by atoms with Crippen molar-refractivity contribution in [3.63, 3.8) is 0 Å². The molecule has 1 aliphatic rings. The maximum absolute atomic E-state index is 13.5. The van der Waals surface area contributed by atoms with E-state index in [4.69, 9.17) is 10.5 Å². The van der Waals surface area contributed by atoms with Crippen LogP contribution in [-0.4, -0.2) is 32.9 Å². The van der Waals surface area contributed by atoms with Crippen LogP contribution in [-0.2, 0) is 11.3 Å². The first kappa shape index (κ1) is 13.0. The fourth-order valence-electron chi connectivity index (χ4n) is 2.53. The molecule has 1 fully saturated rings. The lowest BCUT2D eigenvalue weighted by Gasteiger charge is -2.40. The third kappa shape index (κ3) is 2.24. The van der Waals surface area contributed by atoms with Gasteiger partial charge in [-0.25, -0.2) is 9.07 Å². The minimum absolute atomic E-state index is 0.205. The van der Waals surface area contributed by atoms with Gasteiger partial charge in [-0.3, -0.25) is 0 Å². The number of halogens is 1. The second kappa shape index (κ2) is 4.82. The quantitative estimate of drug-likeness (QED) is 0.859. The van der Waals surface area contributed by atoms with Crippen LogP contribution < -0.4 is 5.73 Å². The van der Waals surface area contributed by atoms with E-state index in [1.807, 2.05) is 0 Å². The molecule has 1 aromatic carbocycles. The minimum atomic E-state index is -0.403. The van der Waals surface area contributed by atoms with Crippen molar-refractivity contribution < 1.29 is 9.13 Å². The smallest absolute Gasteiger partial charge is 0.182 e. The Labute approximate surface area is 115 Å². The summed E-state index contributed by atoms with van der Waals surface area (Å²) >= 11 is 0. The Morgan fingerprint density at radius 3 is 2.80 bits per heavy atom. The number of rotatable bonds is 4. The Kier molecular flexibility index (Phi) is 3.13. The van der Waals surface area contributed by atoms with E-state index in [2.05, 4.69) is 15.5 Å². The molecule has 0 bridgehead atoms. The van der Waals surface area contributed by atoms with E-state index in [0.717, 1.165) is 19.3 Å². The van der Waals surface area contributed by atoms with Gasteiger partial charge in [-0.05, 0) is 47.9 Å².